The van der Waals surface area contributed by atoms with Crippen molar-refractivity contribution in [1.82, 2.24) is 19.8 Å². The number of carbonyl (C=O) groups is 1. The summed E-state index contributed by atoms with van der Waals surface area (Å²) in [5.41, 5.74) is -1.41. The van der Waals surface area contributed by atoms with Gasteiger partial charge in [0.15, 0.2) is 17.1 Å². The first-order valence-corrected chi connectivity index (χ1v) is 6.99. The number of nitrogens with one attached hydrogen (secondary N) is 1. The Bertz CT molecular complexity index is 931. The Labute approximate surface area is 137 Å². The topological polar surface area (TPSA) is 85.3 Å². The zero-order valence-corrected chi connectivity index (χ0v) is 12.9. The van der Waals surface area contributed by atoms with E-state index in [0.717, 1.165) is 6.07 Å². The van der Waals surface area contributed by atoms with Crippen molar-refractivity contribution in [3.63, 3.8) is 0 Å². The highest BCUT2D eigenvalue weighted by atomic mass is 19.3. The highest BCUT2D eigenvalue weighted by molar-refractivity contribution is 6.04. The Morgan fingerprint density at radius 1 is 1.20 bits per heavy atom. The molecule has 3 aromatic heterocycles. The van der Waals surface area contributed by atoms with E-state index >= 15 is 0 Å². The minimum absolute atomic E-state index is 0.263. The number of carbonyl (C=O) groups excluding carboxylic acids is 1. The third kappa shape index (κ3) is 3.04. The molecule has 3 aromatic rings. The molecule has 0 atom stereocenters. The number of rotatable bonds is 4. The Morgan fingerprint density at radius 3 is 2.48 bits per heavy atom. The highest BCUT2D eigenvalue weighted by Crippen LogP contribution is 2.26. The van der Waals surface area contributed by atoms with Gasteiger partial charge in [0.25, 0.3) is 18.8 Å². The summed E-state index contributed by atoms with van der Waals surface area (Å²) in [4.78, 5) is 15.8. The fourth-order valence-electron chi connectivity index (χ4n) is 2.24. The number of halogens is 4. The van der Waals surface area contributed by atoms with E-state index in [9.17, 15) is 22.4 Å². The van der Waals surface area contributed by atoms with Crippen LogP contribution in [0.2, 0.25) is 0 Å². The summed E-state index contributed by atoms with van der Waals surface area (Å²) in [6, 6.07) is 1.61. The molecule has 3 heterocycles. The van der Waals surface area contributed by atoms with Crippen LogP contribution >= 0.6 is 0 Å². The van der Waals surface area contributed by atoms with Crippen molar-refractivity contribution < 1.29 is 26.9 Å². The van der Waals surface area contributed by atoms with E-state index in [0.29, 0.717) is 27.7 Å². The van der Waals surface area contributed by atoms with E-state index in [-0.39, 0.29) is 11.3 Å². The number of amides is 1. The molecule has 7 nitrogen and oxygen atoms in total. The van der Waals surface area contributed by atoms with Crippen LogP contribution in [0.1, 0.15) is 46.2 Å². The van der Waals surface area contributed by atoms with Gasteiger partial charge in [0.2, 0.25) is 0 Å². The second kappa shape index (κ2) is 6.15. The van der Waals surface area contributed by atoms with E-state index < -0.39 is 30.1 Å². The first kappa shape index (κ1) is 16.9. The van der Waals surface area contributed by atoms with Crippen LogP contribution in [0.25, 0.3) is 5.65 Å². The second-order valence-corrected chi connectivity index (χ2v) is 5.16. The number of hydrogen-bond donors (Lipinski definition) is 1. The van der Waals surface area contributed by atoms with E-state index in [1.54, 1.807) is 13.8 Å². The van der Waals surface area contributed by atoms with Crippen LogP contribution in [0.3, 0.4) is 0 Å². The van der Waals surface area contributed by atoms with Gasteiger partial charge < -0.3 is 9.84 Å². The van der Waals surface area contributed by atoms with Gasteiger partial charge in [-0.05, 0) is 19.9 Å². The number of hydrogen-bond acceptors (Lipinski definition) is 5. The van der Waals surface area contributed by atoms with Crippen LogP contribution in [0.4, 0.5) is 23.2 Å². The van der Waals surface area contributed by atoms with Gasteiger partial charge in [0.05, 0.1) is 0 Å². The summed E-state index contributed by atoms with van der Waals surface area (Å²) >= 11 is 0. The maximum absolute atomic E-state index is 13.1. The van der Waals surface area contributed by atoms with E-state index in [4.69, 9.17) is 4.52 Å². The predicted octanol–water partition coefficient (Wildman–Crippen LogP) is 3.46. The molecule has 25 heavy (non-hydrogen) atoms. The molecule has 1 amide bonds. The third-order valence-electron chi connectivity index (χ3n) is 3.43. The molecule has 0 aliphatic heterocycles. The van der Waals surface area contributed by atoms with Crippen molar-refractivity contribution in [2.45, 2.75) is 26.7 Å². The molecular formula is C14H11F4N5O2. The maximum Gasteiger partial charge on any atom is 0.280 e. The lowest BCUT2D eigenvalue weighted by molar-refractivity contribution is 0.102. The number of fused-ring (bicyclic) bond motifs is 1. The molecule has 0 radical (unpaired) electrons. The Hall–Kier alpha value is -2.98. The van der Waals surface area contributed by atoms with Gasteiger partial charge in [-0.15, -0.1) is 0 Å². The van der Waals surface area contributed by atoms with Crippen LogP contribution < -0.4 is 5.32 Å². The maximum atomic E-state index is 13.1. The van der Waals surface area contributed by atoms with Gasteiger partial charge >= 0.3 is 0 Å². The average Bonchev–Trinajstić information content (AvgIpc) is 3.11. The van der Waals surface area contributed by atoms with Crippen molar-refractivity contribution >= 4 is 17.2 Å². The van der Waals surface area contributed by atoms with Gasteiger partial charge in [-0.1, -0.05) is 5.16 Å². The normalized spacial score (nSPS) is 11.7. The molecule has 0 saturated heterocycles. The van der Waals surface area contributed by atoms with Gasteiger partial charge in [-0.3, -0.25) is 4.79 Å². The standard InChI is InChI=1S/C14H11F4N5O2/c1-5-11(6(2)25-22-5)20-14(24)8-4-10-19-7(12(15)16)3-9(13(17)18)23(10)21-8/h3-4,12-13H,1-2H3,(H,20,24). The first-order chi connectivity index (χ1) is 11.8. The van der Waals surface area contributed by atoms with Crippen LogP contribution in [0.15, 0.2) is 16.7 Å². The molecule has 0 unspecified atom stereocenters. The fourth-order valence-corrected chi connectivity index (χ4v) is 2.24. The van der Waals surface area contributed by atoms with Crippen LogP contribution in [-0.4, -0.2) is 25.7 Å². The lowest BCUT2D eigenvalue weighted by atomic mass is 10.3. The summed E-state index contributed by atoms with van der Waals surface area (Å²) < 4.78 is 57.4. The monoisotopic (exact) mass is 357 g/mol. The van der Waals surface area contributed by atoms with E-state index in [1.807, 2.05) is 0 Å². The summed E-state index contributed by atoms with van der Waals surface area (Å²) in [5, 5.41) is 9.89. The van der Waals surface area contributed by atoms with Crippen LogP contribution in [0, 0.1) is 13.8 Å². The quantitative estimate of drug-likeness (QED) is 0.723. The minimum atomic E-state index is -3.07. The fraction of sp³-hybridized carbons (Fsp3) is 0.286. The molecule has 132 valence electrons. The predicted molar refractivity (Wildman–Crippen MR) is 76.8 cm³/mol. The van der Waals surface area contributed by atoms with Gasteiger partial charge in [0.1, 0.15) is 22.8 Å². The third-order valence-corrected chi connectivity index (χ3v) is 3.43. The minimum Gasteiger partial charge on any atom is -0.359 e. The summed E-state index contributed by atoms with van der Waals surface area (Å²) in [6.45, 7) is 3.17. The van der Waals surface area contributed by atoms with Crippen LogP contribution in [0.5, 0.6) is 0 Å². The number of aromatic nitrogens is 4. The van der Waals surface area contributed by atoms with Gasteiger partial charge in [-0.2, -0.15) is 5.10 Å². The molecule has 11 heteroatoms. The molecule has 0 bridgehead atoms. The molecule has 1 N–H and O–H groups in total. The second-order valence-electron chi connectivity index (χ2n) is 5.16. The molecule has 0 spiro atoms. The van der Waals surface area contributed by atoms with Gasteiger partial charge in [-0.25, -0.2) is 27.1 Å². The van der Waals surface area contributed by atoms with Gasteiger partial charge in [0, 0.05) is 6.07 Å². The van der Waals surface area contributed by atoms with E-state index in [2.05, 4.69) is 20.6 Å². The molecule has 0 fully saturated rings. The lowest BCUT2D eigenvalue weighted by Gasteiger charge is -2.06. The molecule has 0 aromatic carbocycles. The number of anilines is 1. The van der Waals surface area contributed by atoms with Crippen LogP contribution in [-0.2, 0) is 0 Å². The summed E-state index contributed by atoms with van der Waals surface area (Å²) in [6.07, 6.45) is -6.10. The first-order valence-electron chi connectivity index (χ1n) is 6.99. The SMILES string of the molecule is Cc1noc(C)c1NC(=O)c1cc2nc(C(F)F)cc(C(F)F)n2n1. The Morgan fingerprint density at radius 2 is 1.92 bits per heavy atom. The van der Waals surface area contributed by atoms with Crippen molar-refractivity contribution in [3.05, 3.63) is 40.7 Å². The zero-order chi connectivity index (χ0) is 18.3. The van der Waals surface area contributed by atoms with Crippen molar-refractivity contribution in [1.29, 1.82) is 0 Å². The summed E-state index contributed by atoms with van der Waals surface area (Å²) in [5.74, 6) is -0.389. The number of aryl methyl sites for hydroxylation is 2. The zero-order valence-electron chi connectivity index (χ0n) is 12.9. The Balaban J connectivity index is 2.03. The number of alkyl halides is 4. The molecule has 0 aliphatic carbocycles. The molecule has 3 rings (SSSR count). The molecule has 0 saturated carbocycles. The average molecular weight is 357 g/mol. The van der Waals surface area contributed by atoms with Crippen molar-refractivity contribution in [2.24, 2.45) is 0 Å². The Kier molecular flexibility index (Phi) is 4.15. The highest BCUT2D eigenvalue weighted by Gasteiger charge is 2.23. The molecule has 0 aliphatic rings. The summed E-state index contributed by atoms with van der Waals surface area (Å²) in [7, 11) is 0. The smallest absolute Gasteiger partial charge is 0.280 e. The van der Waals surface area contributed by atoms with Crippen molar-refractivity contribution in [2.75, 3.05) is 5.32 Å². The largest absolute Gasteiger partial charge is 0.359 e. The van der Waals surface area contributed by atoms with Crippen molar-refractivity contribution in [3.8, 4) is 0 Å². The molecular weight excluding hydrogens is 346 g/mol. The number of nitrogens with zero attached hydrogens (tertiary/aromatic N) is 4. The van der Waals surface area contributed by atoms with E-state index in [1.165, 1.54) is 0 Å². The lowest BCUT2D eigenvalue weighted by Crippen LogP contribution is -2.14.